The van der Waals surface area contributed by atoms with Crippen LogP contribution in [0.4, 0.5) is 5.69 Å². The molecule has 0 aliphatic heterocycles. The molecule has 110 valence electrons. The van der Waals surface area contributed by atoms with Crippen LogP contribution < -0.4 is 5.32 Å². The van der Waals surface area contributed by atoms with Crippen LogP contribution in [0.5, 0.6) is 0 Å². The fourth-order valence-electron chi connectivity index (χ4n) is 2.12. The standard InChI is InChI=1S/C15H9BrClN3O2/c1-7-6-8(17)2-3-9(7)20-11-10(16)14(21)12-13(15(11)22)19-5-4-18-12/h2-6,20H,1H3. The third kappa shape index (κ3) is 2.44. The summed E-state index contributed by atoms with van der Waals surface area (Å²) < 4.78 is 0.139. The van der Waals surface area contributed by atoms with Crippen molar-refractivity contribution in [1.29, 1.82) is 0 Å². The number of benzene rings is 1. The predicted octanol–water partition coefficient (Wildman–Crippen LogP) is 3.54. The quantitative estimate of drug-likeness (QED) is 0.865. The third-order valence-electron chi connectivity index (χ3n) is 3.22. The summed E-state index contributed by atoms with van der Waals surface area (Å²) in [4.78, 5) is 32.7. The highest BCUT2D eigenvalue weighted by molar-refractivity contribution is 9.12. The minimum atomic E-state index is -0.385. The van der Waals surface area contributed by atoms with Gasteiger partial charge in [0.05, 0.1) is 4.48 Å². The van der Waals surface area contributed by atoms with Crippen LogP contribution in [0.25, 0.3) is 0 Å². The molecule has 1 N–H and O–H groups in total. The molecule has 0 saturated carbocycles. The van der Waals surface area contributed by atoms with Crippen molar-refractivity contribution in [2.75, 3.05) is 5.32 Å². The lowest BCUT2D eigenvalue weighted by Crippen LogP contribution is -2.26. The van der Waals surface area contributed by atoms with Crippen LogP contribution in [-0.2, 0) is 0 Å². The molecule has 0 amide bonds. The van der Waals surface area contributed by atoms with Crippen molar-refractivity contribution in [3.63, 3.8) is 0 Å². The van der Waals surface area contributed by atoms with E-state index in [9.17, 15) is 9.59 Å². The van der Waals surface area contributed by atoms with Crippen LogP contribution in [0.2, 0.25) is 5.02 Å². The summed E-state index contributed by atoms with van der Waals surface area (Å²) in [6, 6.07) is 5.21. The van der Waals surface area contributed by atoms with Crippen molar-refractivity contribution in [2.45, 2.75) is 6.92 Å². The van der Waals surface area contributed by atoms with Crippen molar-refractivity contribution in [3.05, 3.63) is 62.7 Å². The second-order valence-corrected chi connectivity index (χ2v) is 5.91. The maximum Gasteiger partial charge on any atom is 0.231 e. The Morgan fingerprint density at radius 3 is 2.36 bits per heavy atom. The molecule has 1 aromatic carbocycles. The smallest absolute Gasteiger partial charge is 0.231 e. The Kier molecular flexibility index (Phi) is 3.80. The number of rotatable bonds is 2. The zero-order valence-corrected chi connectivity index (χ0v) is 13.7. The molecule has 0 saturated heterocycles. The molecule has 1 heterocycles. The van der Waals surface area contributed by atoms with Crippen LogP contribution in [0.15, 0.2) is 40.8 Å². The van der Waals surface area contributed by atoms with Crippen LogP contribution >= 0.6 is 27.5 Å². The van der Waals surface area contributed by atoms with Gasteiger partial charge in [0.1, 0.15) is 17.1 Å². The predicted molar refractivity (Wildman–Crippen MR) is 86.5 cm³/mol. The zero-order chi connectivity index (χ0) is 15.9. The Balaban J connectivity index is 2.05. The van der Waals surface area contributed by atoms with E-state index in [1.165, 1.54) is 12.4 Å². The number of anilines is 1. The van der Waals surface area contributed by atoms with E-state index in [4.69, 9.17) is 11.6 Å². The van der Waals surface area contributed by atoms with Gasteiger partial charge < -0.3 is 5.32 Å². The Morgan fingerprint density at radius 1 is 1.09 bits per heavy atom. The molecule has 1 aliphatic rings. The second kappa shape index (κ2) is 5.62. The van der Waals surface area contributed by atoms with Crippen molar-refractivity contribution < 1.29 is 9.59 Å². The summed E-state index contributed by atoms with van der Waals surface area (Å²) in [5.41, 5.74) is 1.78. The van der Waals surface area contributed by atoms with Gasteiger partial charge in [-0.25, -0.2) is 9.97 Å². The molecule has 0 spiro atoms. The number of Topliss-reactive ketones (excluding diaryl/α,β-unsaturated/α-hetero) is 2. The minimum Gasteiger partial charge on any atom is -0.351 e. The van der Waals surface area contributed by atoms with Gasteiger partial charge in [-0.1, -0.05) is 11.6 Å². The second-order valence-electron chi connectivity index (χ2n) is 4.69. The van der Waals surface area contributed by atoms with Crippen molar-refractivity contribution in [3.8, 4) is 0 Å². The first-order valence-corrected chi connectivity index (χ1v) is 7.49. The molecular weight excluding hydrogens is 370 g/mol. The third-order valence-corrected chi connectivity index (χ3v) is 4.21. The number of allylic oxidation sites excluding steroid dienone is 2. The lowest BCUT2D eigenvalue weighted by Gasteiger charge is -2.18. The lowest BCUT2D eigenvalue weighted by atomic mass is 10.0. The van der Waals surface area contributed by atoms with Crippen molar-refractivity contribution >= 4 is 44.8 Å². The van der Waals surface area contributed by atoms with Gasteiger partial charge in [0, 0.05) is 23.1 Å². The highest BCUT2D eigenvalue weighted by atomic mass is 79.9. The summed E-state index contributed by atoms with van der Waals surface area (Å²) >= 11 is 9.10. The molecule has 5 nitrogen and oxygen atoms in total. The van der Waals surface area contributed by atoms with E-state index in [-0.39, 0.29) is 33.1 Å². The fraction of sp³-hybridized carbons (Fsp3) is 0.0667. The zero-order valence-electron chi connectivity index (χ0n) is 11.4. The number of hydrogen-bond acceptors (Lipinski definition) is 5. The number of carbonyl (C=O) groups excluding carboxylic acids is 2. The molecule has 0 radical (unpaired) electrons. The first-order chi connectivity index (χ1) is 10.5. The topological polar surface area (TPSA) is 72.0 Å². The molecule has 0 fully saturated rings. The Morgan fingerprint density at radius 2 is 1.73 bits per heavy atom. The van der Waals surface area contributed by atoms with Gasteiger partial charge in [0.25, 0.3) is 0 Å². The summed E-state index contributed by atoms with van der Waals surface area (Å²) in [7, 11) is 0. The number of aromatic nitrogens is 2. The number of halogens is 2. The normalized spacial score (nSPS) is 14.1. The SMILES string of the molecule is Cc1cc(Cl)ccc1NC1=C(Br)C(=O)c2nccnc2C1=O. The van der Waals surface area contributed by atoms with Crippen LogP contribution in [0, 0.1) is 6.92 Å². The summed E-state index contributed by atoms with van der Waals surface area (Å²) in [6.07, 6.45) is 2.76. The highest BCUT2D eigenvalue weighted by Crippen LogP contribution is 2.29. The first kappa shape index (κ1) is 14.9. The van der Waals surface area contributed by atoms with E-state index >= 15 is 0 Å². The minimum absolute atomic E-state index is 0.0461. The summed E-state index contributed by atoms with van der Waals surface area (Å²) in [6.45, 7) is 1.85. The number of aryl methyl sites for hydroxylation is 1. The molecule has 1 aromatic heterocycles. The number of fused-ring (bicyclic) bond motifs is 1. The van der Waals surface area contributed by atoms with Gasteiger partial charge in [-0.2, -0.15) is 0 Å². The van der Waals surface area contributed by atoms with E-state index in [1.54, 1.807) is 18.2 Å². The number of nitrogens with one attached hydrogen (secondary N) is 1. The average Bonchev–Trinajstić information content (AvgIpc) is 2.51. The van der Waals surface area contributed by atoms with Gasteiger partial charge in [-0.15, -0.1) is 0 Å². The van der Waals surface area contributed by atoms with Crippen LogP contribution in [0.1, 0.15) is 26.5 Å². The maximum atomic E-state index is 12.5. The van der Waals surface area contributed by atoms with E-state index in [0.717, 1.165) is 5.56 Å². The molecule has 2 aromatic rings. The van der Waals surface area contributed by atoms with E-state index in [0.29, 0.717) is 10.7 Å². The maximum absolute atomic E-state index is 12.5. The molecule has 0 atom stereocenters. The monoisotopic (exact) mass is 377 g/mol. The summed E-state index contributed by atoms with van der Waals surface area (Å²) in [5, 5.41) is 3.58. The van der Waals surface area contributed by atoms with E-state index in [1.807, 2.05) is 6.92 Å². The Labute approximate surface area is 139 Å². The van der Waals surface area contributed by atoms with Crippen LogP contribution in [0.3, 0.4) is 0 Å². The number of carbonyl (C=O) groups is 2. The number of ketones is 2. The van der Waals surface area contributed by atoms with Gasteiger partial charge in [0.2, 0.25) is 11.6 Å². The molecule has 0 bridgehead atoms. The number of hydrogen-bond donors (Lipinski definition) is 1. The fourth-order valence-corrected chi connectivity index (χ4v) is 2.81. The van der Waals surface area contributed by atoms with Gasteiger partial charge >= 0.3 is 0 Å². The van der Waals surface area contributed by atoms with Crippen molar-refractivity contribution in [1.82, 2.24) is 9.97 Å². The average molecular weight is 379 g/mol. The van der Waals surface area contributed by atoms with E-state index in [2.05, 4.69) is 31.2 Å². The summed E-state index contributed by atoms with van der Waals surface area (Å²) in [5.74, 6) is -0.763. The number of nitrogens with zero attached hydrogens (tertiary/aromatic N) is 2. The van der Waals surface area contributed by atoms with Crippen LogP contribution in [-0.4, -0.2) is 21.5 Å². The van der Waals surface area contributed by atoms with Gasteiger partial charge in [0.15, 0.2) is 0 Å². The molecule has 22 heavy (non-hydrogen) atoms. The Hall–Kier alpha value is -2.05. The lowest BCUT2D eigenvalue weighted by molar-refractivity contribution is 0.0975. The molecule has 7 heteroatoms. The van der Waals surface area contributed by atoms with Crippen molar-refractivity contribution in [2.24, 2.45) is 0 Å². The molecule has 0 unspecified atom stereocenters. The molecule has 3 rings (SSSR count). The van der Waals surface area contributed by atoms with Gasteiger partial charge in [-0.3, -0.25) is 9.59 Å². The molecular formula is C15H9BrClN3O2. The van der Waals surface area contributed by atoms with E-state index < -0.39 is 0 Å². The Bertz CT molecular complexity index is 848. The largest absolute Gasteiger partial charge is 0.351 e. The molecule has 1 aliphatic carbocycles. The first-order valence-electron chi connectivity index (χ1n) is 6.32. The van der Waals surface area contributed by atoms with Gasteiger partial charge in [-0.05, 0) is 46.6 Å². The highest BCUT2D eigenvalue weighted by Gasteiger charge is 2.33.